The lowest BCUT2D eigenvalue weighted by atomic mass is 10.0. The number of aliphatic carboxylic acids is 1. The van der Waals surface area contributed by atoms with E-state index < -0.39 is 5.97 Å². The van der Waals surface area contributed by atoms with Crippen LogP contribution in [0, 0.1) is 11.8 Å². The molecule has 1 aromatic carbocycles. The molecule has 0 radical (unpaired) electrons. The van der Waals surface area contributed by atoms with Crippen molar-refractivity contribution in [3.05, 3.63) is 35.0 Å². The van der Waals surface area contributed by atoms with Gasteiger partial charge in [-0.1, -0.05) is 0 Å². The molecule has 1 atom stereocenters. The lowest BCUT2D eigenvalue weighted by molar-refractivity contribution is -0.130. The molecule has 0 aliphatic carbocycles. The van der Waals surface area contributed by atoms with Crippen LogP contribution < -0.4 is 4.74 Å². The van der Waals surface area contributed by atoms with Crippen LogP contribution in [0.25, 0.3) is 10.9 Å². The molecule has 0 saturated heterocycles. The van der Waals surface area contributed by atoms with Crippen LogP contribution in [-0.2, 0) is 9.53 Å². The Morgan fingerprint density at radius 1 is 1.36 bits per heavy atom. The maximum atomic E-state index is 12.6. The Labute approximate surface area is 144 Å². The van der Waals surface area contributed by atoms with Crippen molar-refractivity contribution in [2.24, 2.45) is 0 Å². The third-order valence-electron chi connectivity index (χ3n) is 3.64. The number of aromatic amines is 1. The first-order chi connectivity index (χ1) is 11.9. The Morgan fingerprint density at radius 2 is 2.08 bits per heavy atom. The number of benzene rings is 1. The maximum Gasteiger partial charge on any atom is 0.382 e. The van der Waals surface area contributed by atoms with Gasteiger partial charge >= 0.3 is 5.97 Å². The average Bonchev–Trinajstić information content (AvgIpc) is 3.02. The third kappa shape index (κ3) is 3.87. The summed E-state index contributed by atoms with van der Waals surface area (Å²) in [5.74, 6) is 3.46. The molecule has 0 saturated carbocycles. The van der Waals surface area contributed by atoms with Crippen LogP contribution in [0.2, 0.25) is 0 Å². The van der Waals surface area contributed by atoms with Gasteiger partial charge in [-0.05, 0) is 43.5 Å². The Bertz CT molecular complexity index is 915. The fourth-order valence-corrected chi connectivity index (χ4v) is 2.34. The molecule has 0 amide bonds. The molecule has 2 rings (SSSR count). The predicted molar refractivity (Wildman–Crippen MR) is 91.7 cm³/mol. The molecule has 1 unspecified atom stereocenters. The number of nitrogens with one attached hydrogen (secondary N) is 1. The number of carboxylic acids is 1. The minimum atomic E-state index is -1.27. The second-order valence-electron chi connectivity index (χ2n) is 5.31. The Balaban J connectivity index is 2.58. The second-order valence-corrected chi connectivity index (χ2v) is 5.31. The predicted octanol–water partition coefficient (Wildman–Crippen LogP) is 2.17. The number of carbonyl (C=O) groups excluding carboxylic acids is 1. The number of carboxylic acid groups (broad SMARTS) is 1. The highest BCUT2D eigenvalue weighted by Crippen LogP contribution is 2.28. The van der Waals surface area contributed by atoms with Gasteiger partial charge in [0.15, 0.2) is 0 Å². The van der Waals surface area contributed by atoms with Crippen molar-refractivity contribution in [1.82, 2.24) is 10.2 Å². The standard InChI is InChI=1S/C18H18N2O5/c1-10(9-11(2)24-3)18(23)17-13-5-7-14(25-4)12(6-8-15(21)22)16(13)19-20-17/h5,7,9,11H,1-4H3,(H,19,20)(H,21,22)/b10-9+. The monoisotopic (exact) mass is 342 g/mol. The summed E-state index contributed by atoms with van der Waals surface area (Å²) in [6.07, 6.45) is 1.51. The molecule has 0 aliphatic rings. The van der Waals surface area contributed by atoms with Crippen LogP contribution >= 0.6 is 0 Å². The molecular formula is C18H18N2O5. The summed E-state index contributed by atoms with van der Waals surface area (Å²) in [6.45, 7) is 3.52. The number of Topliss-reactive ketones (excluding diaryl/α,β-unsaturated/α-hetero) is 1. The number of allylic oxidation sites excluding steroid dienone is 1. The molecule has 1 aromatic heterocycles. The topological polar surface area (TPSA) is 102 Å². The molecule has 2 aromatic rings. The number of hydrogen-bond donors (Lipinski definition) is 2. The lowest BCUT2D eigenvalue weighted by Crippen LogP contribution is -2.07. The number of rotatable bonds is 5. The number of carbonyl (C=O) groups is 2. The van der Waals surface area contributed by atoms with Crippen molar-refractivity contribution in [3.8, 4) is 17.6 Å². The second kappa shape index (κ2) is 7.64. The van der Waals surface area contributed by atoms with E-state index in [4.69, 9.17) is 14.6 Å². The van der Waals surface area contributed by atoms with E-state index in [1.807, 2.05) is 12.8 Å². The summed E-state index contributed by atoms with van der Waals surface area (Å²) in [6, 6.07) is 3.31. The molecule has 130 valence electrons. The highest BCUT2D eigenvalue weighted by atomic mass is 16.5. The number of fused-ring (bicyclic) bond motifs is 1. The van der Waals surface area contributed by atoms with Gasteiger partial charge in [0.1, 0.15) is 17.0 Å². The number of H-pyrrole nitrogens is 1. The number of nitrogens with zero attached hydrogens (tertiary/aromatic N) is 1. The van der Waals surface area contributed by atoms with Crippen molar-refractivity contribution in [3.63, 3.8) is 0 Å². The molecule has 0 fully saturated rings. The van der Waals surface area contributed by atoms with E-state index in [2.05, 4.69) is 16.1 Å². The minimum Gasteiger partial charge on any atom is -0.495 e. The smallest absolute Gasteiger partial charge is 0.382 e. The minimum absolute atomic E-state index is 0.199. The molecule has 7 heteroatoms. The number of hydrogen-bond acceptors (Lipinski definition) is 5. The van der Waals surface area contributed by atoms with Crippen molar-refractivity contribution in [1.29, 1.82) is 0 Å². The molecule has 25 heavy (non-hydrogen) atoms. The first-order valence-corrected chi connectivity index (χ1v) is 7.45. The number of methoxy groups -OCH3 is 2. The van der Waals surface area contributed by atoms with Crippen LogP contribution in [-0.4, -0.2) is 47.4 Å². The average molecular weight is 342 g/mol. The van der Waals surface area contributed by atoms with Crippen LogP contribution in [0.5, 0.6) is 5.75 Å². The maximum absolute atomic E-state index is 12.6. The van der Waals surface area contributed by atoms with Gasteiger partial charge < -0.3 is 14.6 Å². The van der Waals surface area contributed by atoms with Crippen LogP contribution in [0.4, 0.5) is 0 Å². The van der Waals surface area contributed by atoms with E-state index in [0.717, 1.165) is 0 Å². The normalized spacial score (nSPS) is 12.4. The van der Waals surface area contributed by atoms with Crippen LogP contribution in [0.3, 0.4) is 0 Å². The SMILES string of the molecule is COc1ccc2c(C(=O)/C(C)=C/C(C)OC)[nH]nc2c1C#CC(=O)O. The van der Waals surface area contributed by atoms with Crippen LogP contribution in [0.15, 0.2) is 23.8 Å². The van der Waals surface area contributed by atoms with E-state index in [1.165, 1.54) is 7.11 Å². The first-order valence-electron chi connectivity index (χ1n) is 7.45. The molecule has 0 aliphatic heterocycles. The summed E-state index contributed by atoms with van der Waals surface area (Å²) < 4.78 is 10.3. The van der Waals surface area contributed by atoms with Gasteiger partial charge in [0.2, 0.25) is 5.78 Å². The summed E-state index contributed by atoms with van der Waals surface area (Å²) in [7, 11) is 3.01. The van der Waals surface area contributed by atoms with Gasteiger partial charge in [-0.25, -0.2) is 4.79 Å². The number of ether oxygens (including phenoxy) is 2. The van der Waals surface area contributed by atoms with Crippen molar-refractivity contribution >= 4 is 22.7 Å². The molecule has 0 bridgehead atoms. The van der Waals surface area contributed by atoms with Gasteiger partial charge in [-0.15, -0.1) is 0 Å². The zero-order valence-corrected chi connectivity index (χ0v) is 14.3. The largest absolute Gasteiger partial charge is 0.495 e. The van der Waals surface area contributed by atoms with Gasteiger partial charge in [0, 0.05) is 18.4 Å². The molecular weight excluding hydrogens is 324 g/mol. The van der Waals surface area contributed by atoms with Gasteiger partial charge in [0.05, 0.1) is 18.8 Å². The van der Waals surface area contributed by atoms with Gasteiger partial charge in [0.25, 0.3) is 0 Å². The van der Waals surface area contributed by atoms with Gasteiger partial charge in [-0.2, -0.15) is 5.10 Å². The fourth-order valence-electron chi connectivity index (χ4n) is 2.34. The summed E-state index contributed by atoms with van der Waals surface area (Å²) >= 11 is 0. The van der Waals surface area contributed by atoms with Crippen molar-refractivity contribution < 1.29 is 24.2 Å². The number of ketones is 1. The van der Waals surface area contributed by atoms with E-state index in [-0.39, 0.29) is 11.9 Å². The zero-order valence-electron chi connectivity index (χ0n) is 14.3. The quantitative estimate of drug-likeness (QED) is 0.490. The Kier molecular flexibility index (Phi) is 5.57. The molecule has 7 nitrogen and oxygen atoms in total. The van der Waals surface area contributed by atoms with Crippen molar-refractivity contribution in [2.45, 2.75) is 20.0 Å². The zero-order chi connectivity index (χ0) is 18.6. The van der Waals surface area contributed by atoms with E-state index in [9.17, 15) is 9.59 Å². The summed E-state index contributed by atoms with van der Waals surface area (Å²) in [4.78, 5) is 23.4. The lowest BCUT2D eigenvalue weighted by Gasteiger charge is -2.06. The summed E-state index contributed by atoms with van der Waals surface area (Å²) in [5, 5.41) is 16.1. The number of aromatic nitrogens is 2. The summed E-state index contributed by atoms with van der Waals surface area (Å²) in [5.41, 5.74) is 1.50. The fraction of sp³-hybridized carbons (Fsp3) is 0.278. The van der Waals surface area contributed by atoms with E-state index >= 15 is 0 Å². The highest BCUT2D eigenvalue weighted by molar-refractivity contribution is 6.15. The van der Waals surface area contributed by atoms with Crippen molar-refractivity contribution in [2.75, 3.05) is 14.2 Å². The first kappa shape index (κ1) is 18.2. The van der Waals surface area contributed by atoms with Gasteiger partial charge in [-0.3, -0.25) is 9.89 Å². The Hall–Kier alpha value is -3.11. The van der Waals surface area contributed by atoms with Crippen LogP contribution in [0.1, 0.15) is 29.9 Å². The molecule has 2 N–H and O–H groups in total. The third-order valence-corrected chi connectivity index (χ3v) is 3.64. The Morgan fingerprint density at radius 3 is 2.68 bits per heavy atom. The molecule has 1 heterocycles. The van der Waals surface area contributed by atoms with E-state index in [1.54, 1.807) is 32.2 Å². The van der Waals surface area contributed by atoms with E-state index in [0.29, 0.717) is 33.5 Å². The molecule has 0 spiro atoms. The highest BCUT2D eigenvalue weighted by Gasteiger charge is 2.19.